The van der Waals surface area contributed by atoms with Crippen LogP contribution in [0.3, 0.4) is 0 Å². The summed E-state index contributed by atoms with van der Waals surface area (Å²) in [6.07, 6.45) is 0.562. The Labute approximate surface area is 156 Å². The summed E-state index contributed by atoms with van der Waals surface area (Å²) in [7, 11) is -1.20. The lowest BCUT2D eigenvalue weighted by atomic mass is 10.2. The summed E-state index contributed by atoms with van der Waals surface area (Å²) in [5.41, 5.74) is 0.715. The van der Waals surface area contributed by atoms with E-state index in [2.05, 4.69) is 15.5 Å². The largest absolute Gasteiger partial charge is 0.454 e. The molecule has 0 aliphatic carbocycles. The zero-order chi connectivity index (χ0) is 19.0. The van der Waals surface area contributed by atoms with Crippen molar-refractivity contribution in [3.63, 3.8) is 0 Å². The maximum absolute atomic E-state index is 12.4. The van der Waals surface area contributed by atoms with Gasteiger partial charge in [-0.2, -0.15) is 0 Å². The number of sulfone groups is 1. The van der Waals surface area contributed by atoms with Crippen molar-refractivity contribution in [3.8, 4) is 11.5 Å². The average Bonchev–Trinajstić information content (AvgIpc) is 3.26. The van der Waals surface area contributed by atoms with E-state index in [4.69, 9.17) is 9.47 Å². The predicted octanol–water partition coefficient (Wildman–Crippen LogP) is 1.08. The van der Waals surface area contributed by atoms with Crippen molar-refractivity contribution in [3.05, 3.63) is 36.0 Å². The van der Waals surface area contributed by atoms with Gasteiger partial charge < -0.3 is 19.7 Å². The van der Waals surface area contributed by atoms with Gasteiger partial charge in [0.05, 0.1) is 11.5 Å². The summed E-state index contributed by atoms with van der Waals surface area (Å²) in [4.78, 5) is 14.1. The molecule has 2 aromatic rings. The van der Waals surface area contributed by atoms with Gasteiger partial charge in [0.2, 0.25) is 6.79 Å². The Morgan fingerprint density at radius 1 is 1.19 bits per heavy atom. The molecule has 0 spiro atoms. The Morgan fingerprint density at radius 2 is 2.00 bits per heavy atom. The molecule has 10 heteroatoms. The highest BCUT2D eigenvalue weighted by Gasteiger charge is 2.31. The van der Waals surface area contributed by atoms with Gasteiger partial charge >= 0.3 is 0 Å². The van der Waals surface area contributed by atoms with Crippen LogP contribution in [0.1, 0.15) is 16.9 Å². The molecular formula is C17H18N4O5S. The number of aromatic nitrogens is 2. The molecule has 1 aromatic carbocycles. The van der Waals surface area contributed by atoms with Crippen molar-refractivity contribution >= 4 is 27.2 Å². The monoisotopic (exact) mass is 390 g/mol. The maximum Gasteiger partial charge on any atom is 0.276 e. The fourth-order valence-electron chi connectivity index (χ4n) is 3.07. The van der Waals surface area contributed by atoms with Gasteiger partial charge in [-0.1, -0.05) is 0 Å². The number of nitrogens with one attached hydrogen (secondary N) is 1. The molecular weight excluding hydrogens is 372 g/mol. The Kier molecular flexibility index (Phi) is 4.34. The second kappa shape index (κ2) is 6.69. The molecule has 4 rings (SSSR count). The van der Waals surface area contributed by atoms with Crippen LogP contribution in [-0.2, 0) is 9.84 Å². The van der Waals surface area contributed by atoms with Crippen LogP contribution < -0.4 is 19.7 Å². The van der Waals surface area contributed by atoms with Gasteiger partial charge in [0, 0.05) is 24.8 Å². The molecule has 2 aliphatic heterocycles. The summed E-state index contributed by atoms with van der Waals surface area (Å²) >= 11 is 0. The third kappa shape index (κ3) is 3.65. The minimum absolute atomic E-state index is 0.109. The van der Waals surface area contributed by atoms with E-state index in [1.165, 1.54) is 0 Å². The number of anilines is 2. The molecule has 1 fully saturated rings. The molecule has 1 aromatic heterocycles. The van der Waals surface area contributed by atoms with Crippen LogP contribution >= 0.6 is 0 Å². The Balaban J connectivity index is 1.43. The number of amides is 1. The SMILES string of the molecule is CN(c1ccc(C(=O)Nc2ccc3c(c2)OCO3)nn1)C1CCS(=O)(=O)C1. The zero-order valence-electron chi connectivity index (χ0n) is 14.6. The molecule has 2 aliphatic rings. The first-order valence-electron chi connectivity index (χ1n) is 8.39. The highest BCUT2D eigenvalue weighted by molar-refractivity contribution is 7.91. The number of hydrogen-bond donors (Lipinski definition) is 1. The number of rotatable bonds is 4. The van der Waals surface area contributed by atoms with E-state index in [0.29, 0.717) is 29.4 Å². The lowest BCUT2D eigenvalue weighted by Gasteiger charge is -2.23. The van der Waals surface area contributed by atoms with E-state index in [-0.39, 0.29) is 30.0 Å². The second-order valence-electron chi connectivity index (χ2n) is 6.47. The van der Waals surface area contributed by atoms with E-state index in [9.17, 15) is 13.2 Å². The van der Waals surface area contributed by atoms with Gasteiger partial charge in [0.1, 0.15) is 0 Å². The fourth-order valence-corrected chi connectivity index (χ4v) is 4.85. The minimum Gasteiger partial charge on any atom is -0.454 e. The van der Waals surface area contributed by atoms with Crippen LogP contribution in [0.5, 0.6) is 11.5 Å². The normalized spacial score (nSPS) is 19.7. The summed E-state index contributed by atoms with van der Waals surface area (Å²) in [5.74, 6) is 1.62. The number of hydrogen-bond acceptors (Lipinski definition) is 8. The van der Waals surface area contributed by atoms with Crippen molar-refractivity contribution in [2.45, 2.75) is 12.5 Å². The highest BCUT2D eigenvalue weighted by Crippen LogP contribution is 2.34. The van der Waals surface area contributed by atoms with Crippen molar-refractivity contribution < 1.29 is 22.7 Å². The fraction of sp³-hybridized carbons (Fsp3) is 0.353. The molecule has 1 unspecified atom stereocenters. The molecule has 27 heavy (non-hydrogen) atoms. The lowest BCUT2D eigenvalue weighted by molar-refractivity contribution is 0.102. The quantitative estimate of drug-likeness (QED) is 0.826. The van der Waals surface area contributed by atoms with Gasteiger partial charge in [-0.15, -0.1) is 10.2 Å². The first-order valence-corrected chi connectivity index (χ1v) is 10.2. The zero-order valence-corrected chi connectivity index (χ0v) is 15.4. The molecule has 1 N–H and O–H groups in total. The summed E-state index contributed by atoms with van der Waals surface area (Å²) in [6.45, 7) is 0.162. The molecule has 0 bridgehead atoms. The van der Waals surface area contributed by atoms with Crippen molar-refractivity contribution in [2.75, 3.05) is 35.6 Å². The second-order valence-corrected chi connectivity index (χ2v) is 8.70. The first kappa shape index (κ1) is 17.5. The van der Waals surface area contributed by atoms with Gasteiger partial charge in [-0.3, -0.25) is 4.79 Å². The number of carbonyl (C=O) groups is 1. The minimum atomic E-state index is -2.98. The van der Waals surface area contributed by atoms with Crippen molar-refractivity contribution in [2.24, 2.45) is 0 Å². The van der Waals surface area contributed by atoms with E-state index in [1.54, 1.807) is 42.3 Å². The first-order chi connectivity index (χ1) is 12.9. The van der Waals surface area contributed by atoms with Crippen LogP contribution in [0.25, 0.3) is 0 Å². The van der Waals surface area contributed by atoms with Crippen molar-refractivity contribution in [1.29, 1.82) is 0 Å². The molecule has 3 heterocycles. The number of fused-ring (bicyclic) bond motifs is 1. The van der Waals surface area contributed by atoms with Crippen LogP contribution in [0, 0.1) is 0 Å². The number of carbonyl (C=O) groups excluding carboxylic acids is 1. The van der Waals surface area contributed by atoms with Crippen LogP contribution in [-0.4, -0.2) is 55.9 Å². The van der Waals surface area contributed by atoms with Gasteiger partial charge in [0.15, 0.2) is 32.8 Å². The number of nitrogens with zero attached hydrogens (tertiary/aromatic N) is 3. The molecule has 1 atom stereocenters. The Bertz CT molecular complexity index is 977. The van der Waals surface area contributed by atoms with Crippen LogP contribution in [0.15, 0.2) is 30.3 Å². The molecule has 0 saturated carbocycles. The Morgan fingerprint density at radius 3 is 2.70 bits per heavy atom. The van der Waals surface area contributed by atoms with Crippen molar-refractivity contribution in [1.82, 2.24) is 10.2 Å². The summed E-state index contributed by atoms with van der Waals surface area (Å²) < 4.78 is 33.8. The Hall–Kier alpha value is -2.88. The predicted molar refractivity (Wildman–Crippen MR) is 98.0 cm³/mol. The molecule has 9 nitrogen and oxygen atoms in total. The van der Waals surface area contributed by atoms with Gasteiger partial charge in [-0.25, -0.2) is 8.42 Å². The lowest BCUT2D eigenvalue weighted by Crippen LogP contribution is -2.33. The smallest absolute Gasteiger partial charge is 0.276 e. The molecule has 1 saturated heterocycles. The van der Waals surface area contributed by atoms with E-state index in [0.717, 1.165) is 0 Å². The van der Waals surface area contributed by atoms with Gasteiger partial charge in [-0.05, 0) is 30.7 Å². The van der Waals surface area contributed by atoms with Crippen LogP contribution in [0.2, 0.25) is 0 Å². The third-order valence-electron chi connectivity index (χ3n) is 4.63. The summed E-state index contributed by atoms with van der Waals surface area (Å²) in [5, 5.41) is 10.8. The van der Waals surface area contributed by atoms with E-state index in [1.807, 2.05) is 0 Å². The van der Waals surface area contributed by atoms with Crippen LogP contribution in [0.4, 0.5) is 11.5 Å². The van der Waals surface area contributed by atoms with E-state index >= 15 is 0 Å². The topological polar surface area (TPSA) is 111 Å². The average molecular weight is 390 g/mol. The summed E-state index contributed by atoms with van der Waals surface area (Å²) in [6, 6.07) is 8.20. The molecule has 142 valence electrons. The third-order valence-corrected chi connectivity index (χ3v) is 6.38. The molecule has 1 amide bonds. The molecule has 0 radical (unpaired) electrons. The van der Waals surface area contributed by atoms with Gasteiger partial charge in [0.25, 0.3) is 5.91 Å². The van der Waals surface area contributed by atoms with E-state index < -0.39 is 15.7 Å². The number of ether oxygens (including phenoxy) is 2. The maximum atomic E-state index is 12.4. The standard InChI is InChI=1S/C17H18N4O5S/c1-21(12-6-7-27(23,24)9-12)16-5-3-13(19-20-16)17(22)18-11-2-4-14-15(8-11)26-10-25-14/h2-5,8,12H,6-7,9-10H2,1H3,(H,18,22). The number of benzene rings is 1. The highest BCUT2D eigenvalue weighted by atomic mass is 32.2.